The van der Waals surface area contributed by atoms with Crippen molar-refractivity contribution >= 4 is 11.6 Å². The number of aliphatic hydroxyl groups excluding tert-OH is 2. The lowest BCUT2D eigenvalue weighted by Crippen LogP contribution is -2.17. The molecule has 1 aromatic heterocycles. The van der Waals surface area contributed by atoms with Crippen molar-refractivity contribution in [3.63, 3.8) is 0 Å². The van der Waals surface area contributed by atoms with E-state index in [2.05, 4.69) is 4.98 Å². The van der Waals surface area contributed by atoms with Crippen molar-refractivity contribution in [3.8, 4) is 12.1 Å². The maximum atomic E-state index is 9.64. The predicted octanol–water partition coefficient (Wildman–Crippen LogP) is 0.915. The molecule has 0 spiro atoms. The lowest BCUT2D eigenvalue weighted by atomic mass is 10.0. The average Bonchev–Trinajstić information content (AvgIpc) is 2.29. The third-order valence-corrected chi connectivity index (χ3v) is 2.29. The summed E-state index contributed by atoms with van der Waals surface area (Å²) in [6.07, 6.45) is -1.41. The van der Waals surface area contributed by atoms with Crippen molar-refractivity contribution in [3.05, 3.63) is 28.5 Å². The van der Waals surface area contributed by atoms with E-state index >= 15 is 0 Å². The van der Waals surface area contributed by atoms with Gasteiger partial charge in [0.05, 0.1) is 24.2 Å². The fourth-order valence-corrected chi connectivity index (χ4v) is 1.28. The van der Waals surface area contributed by atoms with Crippen LogP contribution < -0.4 is 0 Å². The Hall–Kier alpha value is -1.66. The first-order valence-corrected chi connectivity index (χ1v) is 4.76. The van der Waals surface area contributed by atoms with Crippen molar-refractivity contribution in [2.75, 3.05) is 0 Å². The standard InChI is InChI=1S/C10H8ClN3O2/c11-10-6(4-13)3-7(5-14-10)9(16)8(15)1-2-12/h3,5,8-9,15-16H,1H2. The number of hydrogen-bond acceptors (Lipinski definition) is 5. The Morgan fingerprint density at radius 2 is 2.12 bits per heavy atom. The Balaban J connectivity index is 2.98. The van der Waals surface area contributed by atoms with E-state index in [9.17, 15) is 10.2 Å². The molecule has 0 aliphatic rings. The zero-order chi connectivity index (χ0) is 12.1. The summed E-state index contributed by atoms with van der Waals surface area (Å²) in [5, 5.41) is 36.1. The molecule has 1 heterocycles. The van der Waals surface area contributed by atoms with Gasteiger partial charge in [-0.25, -0.2) is 4.98 Å². The van der Waals surface area contributed by atoms with E-state index in [1.807, 2.05) is 6.07 Å². The van der Waals surface area contributed by atoms with Crippen LogP contribution in [0.2, 0.25) is 5.15 Å². The number of rotatable bonds is 3. The van der Waals surface area contributed by atoms with Crippen LogP contribution in [0.4, 0.5) is 0 Å². The second-order valence-corrected chi connectivity index (χ2v) is 3.45. The van der Waals surface area contributed by atoms with Gasteiger partial charge < -0.3 is 10.2 Å². The van der Waals surface area contributed by atoms with Crippen LogP contribution >= 0.6 is 11.6 Å². The van der Waals surface area contributed by atoms with Crippen LogP contribution in [-0.4, -0.2) is 21.3 Å². The lowest BCUT2D eigenvalue weighted by Gasteiger charge is -2.15. The number of aliphatic hydroxyl groups is 2. The second kappa shape index (κ2) is 5.43. The number of pyridine rings is 1. The van der Waals surface area contributed by atoms with Crippen molar-refractivity contribution in [2.24, 2.45) is 0 Å². The van der Waals surface area contributed by atoms with Crippen molar-refractivity contribution < 1.29 is 10.2 Å². The molecule has 2 atom stereocenters. The van der Waals surface area contributed by atoms with Gasteiger partial charge in [-0.3, -0.25) is 0 Å². The molecular weight excluding hydrogens is 230 g/mol. The number of halogens is 1. The molecule has 1 rings (SSSR count). The molecule has 82 valence electrons. The summed E-state index contributed by atoms with van der Waals surface area (Å²) >= 11 is 5.61. The highest BCUT2D eigenvalue weighted by Gasteiger charge is 2.19. The van der Waals surface area contributed by atoms with Crippen LogP contribution in [0.15, 0.2) is 12.3 Å². The molecule has 2 N–H and O–H groups in total. The third-order valence-electron chi connectivity index (χ3n) is 1.99. The van der Waals surface area contributed by atoms with Gasteiger partial charge in [0.1, 0.15) is 17.3 Å². The lowest BCUT2D eigenvalue weighted by molar-refractivity contribution is 0.0214. The predicted molar refractivity (Wildman–Crippen MR) is 55.2 cm³/mol. The number of aromatic nitrogens is 1. The Morgan fingerprint density at radius 1 is 1.44 bits per heavy atom. The molecule has 0 amide bonds. The molecule has 0 radical (unpaired) electrons. The van der Waals surface area contributed by atoms with Crippen LogP contribution in [0.1, 0.15) is 23.7 Å². The number of nitriles is 2. The molecule has 0 aliphatic carbocycles. The fourth-order valence-electron chi connectivity index (χ4n) is 1.13. The summed E-state index contributed by atoms with van der Waals surface area (Å²) < 4.78 is 0. The van der Waals surface area contributed by atoms with Gasteiger partial charge >= 0.3 is 0 Å². The molecule has 6 heteroatoms. The van der Waals surface area contributed by atoms with E-state index in [0.29, 0.717) is 0 Å². The molecule has 1 aromatic rings. The van der Waals surface area contributed by atoms with Gasteiger partial charge in [0, 0.05) is 11.8 Å². The van der Waals surface area contributed by atoms with Gasteiger partial charge in [0.25, 0.3) is 0 Å². The van der Waals surface area contributed by atoms with Crippen LogP contribution in [0.25, 0.3) is 0 Å². The second-order valence-electron chi connectivity index (χ2n) is 3.09. The van der Waals surface area contributed by atoms with E-state index in [1.54, 1.807) is 6.07 Å². The van der Waals surface area contributed by atoms with Gasteiger partial charge in [-0.1, -0.05) is 11.6 Å². The third kappa shape index (κ3) is 2.68. The summed E-state index contributed by atoms with van der Waals surface area (Å²) in [6, 6.07) is 4.88. The maximum Gasteiger partial charge on any atom is 0.146 e. The van der Waals surface area contributed by atoms with Crippen LogP contribution in [0.5, 0.6) is 0 Å². The summed E-state index contributed by atoms with van der Waals surface area (Å²) in [5.74, 6) is 0. The summed E-state index contributed by atoms with van der Waals surface area (Å²) in [5.41, 5.74) is 0.367. The normalized spacial score (nSPS) is 13.6. The van der Waals surface area contributed by atoms with Gasteiger partial charge in [-0.15, -0.1) is 0 Å². The van der Waals surface area contributed by atoms with E-state index < -0.39 is 12.2 Å². The van der Waals surface area contributed by atoms with Crippen LogP contribution in [-0.2, 0) is 0 Å². The Kier molecular flexibility index (Phi) is 4.21. The van der Waals surface area contributed by atoms with Crippen molar-refractivity contribution in [2.45, 2.75) is 18.6 Å². The van der Waals surface area contributed by atoms with Crippen molar-refractivity contribution in [1.29, 1.82) is 10.5 Å². The maximum absolute atomic E-state index is 9.64. The fraction of sp³-hybridized carbons (Fsp3) is 0.300. The zero-order valence-corrected chi connectivity index (χ0v) is 8.89. The zero-order valence-electron chi connectivity index (χ0n) is 8.13. The SMILES string of the molecule is N#CCC(O)C(O)c1cnc(Cl)c(C#N)c1. The molecule has 0 saturated heterocycles. The molecular formula is C10H8ClN3O2. The van der Waals surface area contributed by atoms with E-state index in [-0.39, 0.29) is 22.7 Å². The molecule has 0 bridgehead atoms. The first-order valence-electron chi connectivity index (χ1n) is 4.38. The van der Waals surface area contributed by atoms with Gasteiger partial charge in [-0.05, 0) is 6.07 Å². The van der Waals surface area contributed by atoms with Crippen molar-refractivity contribution in [1.82, 2.24) is 4.98 Å². The summed E-state index contributed by atoms with van der Waals surface area (Å²) in [6.45, 7) is 0. The molecule has 5 nitrogen and oxygen atoms in total. The largest absolute Gasteiger partial charge is 0.389 e. The topological polar surface area (TPSA) is 101 Å². The van der Waals surface area contributed by atoms with Gasteiger partial charge in [-0.2, -0.15) is 10.5 Å². The first-order chi connectivity index (χ1) is 7.60. The van der Waals surface area contributed by atoms with E-state index in [1.165, 1.54) is 12.3 Å². The summed E-state index contributed by atoms with van der Waals surface area (Å²) in [4.78, 5) is 3.70. The number of hydrogen-bond donors (Lipinski definition) is 2. The highest BCUT2D eigenvalue weighted by molar-refractivity contribution is 6.30. The molecule has 0 saturated carbocycles. The van der Waals surface area contributed by atoms with Crippen LogP contribution in [0.3, 0.4) is 0 Å². The Bertz CT molecular complexity index is 464. The van der Waals surface area contributed by atoms with Gasteiger partial charge in [0.2, 0.25) is 0 Å². The Labute approximate surface area is 97.2 Å². The van der Waals surface area contributed by atoms with E-state index in [0.717, 1.165) is 0 Å². The smallest absolute Gasteiger partial charge is 0.146 e. The van der Waals surface area contributed by atoms with E-state index in [4.69, 9.17) is 22.1 Å². The van der Waals surface area contributed by atoms with Crippen LogP contribution in [0, 0.1) is 22.7 Å². The number of nitrogens with zero attached hydrogens (tertiary/aromatic N) is 3. The highest BCUT2D eigenvalue weighted by atomic mass is 35.5. The molecule has 16 heavy (non-hydrogen) atoms. The molecule has 2 unspecified atom stereocenters. The highest BCUT2D eigenvalue weighted by Crippen LogP contribution is 2.21. The quantitative estimate of drug-likeness (QED) is 0.761. The molecule has 0 fully saturated rings. The minimum Gasteiger partial charge on any atom is -0.389 e. The Morgan fingerprint density at radius 3 is 2.69 bits per heavy atom. The molecule has 0 aromatic carbocycles. The average molecular weight is 238 g/mol. The summed E-state index contributed by atoms with van der Waals surface area (Å²) in [7, 11) is 0. The monoisotopic (exact) mass is 237 g/mol. The minimum atomic E-state index is -1.25. The van der Waals surface area contributed by atoms with Gasteiger partial charge in [0.15, 0.2) is 0 Å². The minimum absolute atomic E-state index is 0.0354. The molecule has 0 aliphatic heterocycles. The first kappa shape index (κ1) is 12.4.